The monoisotopic (exact) mass is 375 g/mol. The molecule has 0 unspecified atom stereocenters. The fraction of sp³-hybridized carbons (Fsp3) is 0.533. The van der Waals surface area contributed by atoms with E-state index in [1.54, 1.807) is 12.3 Å². The second-order valence-electron chi connectivity index (χ2n) is 5.40. The second kappa shape index (κ2) is 10.9. The Morgan fingerprint density at radius 2 is 2.26 bits per heavy atom. The number of halogens is 1. The zero-order valence-corrected chi connectivity index (χ0v) is 16.0. The molecule has 0 saturated carbocycles. The summed E-state index contributed by atoms with van der Waals surface area (Å²) in [4.78, 5) is 16.6. The molecular formula is C15H22ClN3O2S2. The van der Waals surface area contributed by atoms with Gasteiger partial charge in [-0.2, -0.15) is 0 Å². The van der Waals surface area contributed by atoms with E-state index in [4.69, 9.17) is 11.6 Å². The van der Waals surface area contributed by atoms with Crippen LogP contribution in [0, 0.1) is 16.0 Å². The van der Waals surface area contributed by atoms with Crippen LogP contribution in [0.5, 0.6) is 0 Å². The Kier molecular flexibility index (Phi) is 9.62. The molecule has 0 aliphatic heterocycles. The predicted octanol–water partition coefficient (Wildman–Crippen LogP) is 4.36. The largest absolute Gasteiger partial charge is 0.298 e. The maximum atomic E-state index is 10.6. The highest BCUT2D eigenvalue weighted by Gasteiger charge is 2.10. The number of thioether (sulfide) groups is 2. The molecule has 0 N–H and O–H groups in total. The van der Waals surface area contributed by atoms with E-state index in [0.717, 1.165) is 41.4 Å². The number of hydrogen-bond acceptors (Lipinski definition) is 6. The first-order valence-electron chi connectivity index (χ1n) is 7.25. The molecule has 0 amide bonds. The van der Waals surface area contributed by atoms with Crippen molar-refractivity contribution in [2.24, 2.45) is 5.92 Å². The summed E-state index contributed by atoms with van der Waals surface area (Å²) in [5.41, 5.74) is 1.12. The van der Waals surface area contributed by atoms with Crippen molar-refractivity contribution in [2.75, 3.05) is 25.1 Å². The highest BCUT2D eigenvalue weighted by atomic mass is 35.5. The lowest BCUT2D eigenvalue weighted by Crippen LogP contribution is -2.29. The molecule has 1 aromatic heterocycles. The van der Waals surface area contributed by atoms with Gasteiger partial charge in [-0.25, -0.2) is 4.98 Å². The standard InChI is InChI=1S/C15H22ClN3O2S2/c1-12(2)9-18(10-13-4-5-14(16)17-8-13)6-7-23-15(22-3)11-19(20)21/h4-5,8,11-12H,6-7,9-10H2,1-3H3. The van der Waals surface area contributed by atoms with Crippen molar-refractivity contribution in [3.8, 4) is 0 Å². The lowest BCUT2D eigenvalue weighted by atomic mass is 10.2. The zero-order valence-electron chi connectivity index (χ0n) is 13.6. The average Bonchev–Trinajstić information content (AvgIpc) is 2.47. The minimum absolute atomic E-state index is 0.399. The van der Waals surface area contributed by atoms with Crippen molar-refractivity contribution in [3.05, 3.63) is 49.6 Å². The van der Waals surface area contributed by atoms with Gasteiger partial charge in [0.2, 0.25) is 0 Å². The third-order valence-electron chi connectivity index (χ3n) is 2.88. The van der Waals surface area contributed by atoms with Crippen molar-refractivity contribution in [1.29, 1.82) is 0 Å². The molecule has 8 heteroatoms. The summed E-state index contributed by atoms with van der Waals surface area (Å²) in [6.45, 7) is 6.99. The maximum Gasteiger partial charge on any atom is 0.254 e. The van der Waals surface area contributed by atoms with Gasteiger partial charge in [0.1, 0.15) is 9.39 Å². The zero-order chi connectivity index (χ0) is 17.2. The highest BCUT2D eigenvalue weighted by Crippen LogP contribution is 2.26. The van der Waals surface area contributed by atoms with Gasteiger partial charge in [-0.3, -0.25) is 15.0 Å². The van der Waals surface area contributed by atoms with Crippen LogP contribution in [0.2, 0.25) is 5.15 Å². The number of aromatic nitrogens is 1. The number of hydrogen-bond donors (Lipinski definition) is 0. The summed E-state index contributed by atoms with van der Waals surface area (Å²) in [5, 5.41) is 11.0. The first-order valence-corrected chi connectivity index (χ1v) is 9.84. The molecule has 0 radical (unpaired) electrons. The van der Waals surface area contributed by atoms with E-state index in [1.807, 2.05) is 12.3 Å². The van der Waals surface area contributed by atoms with Gasteiger partial charge in [0.05, 0.1) is 4.92 Å². The van der Waals surface area contributed by atoms with Crippen molar-refractivity contribution in [1.82, 2.24) is 9.88 Å². The Bertz CT molecular complexity index is 524. The second-order valence-corrected chi connectivity index (χ2v) is 8.03. The van der Waals surface area contributed by atoms with E-state index in [9.17, 15) is 10.1 Å². The number of nitro groups is 1. The van der Waals surface area contributed by atoms with Crippen LogP contribution >= 0.6 is 35.1 Å². The lowest BCUT2D eigenvalue weighted by Gasteiger charge is -2.24. The highest BCUT2D eigenvalue weighted by molar-refractivity contribution is 8.21. The summed E-state index contributed by atoms with van der Waals surface area (Å²) < 4.78 is 0.729. The minimum Gasteiger partial charge on any atom is -0.298 e. The fourth-order valence-corrected chi connectivity index (χ4v) is 3.76. The molecule has 128 valence electrons. The topological polar surface area (TPSA) is 59.3 Å². The van der Waals surface area contributed by atoms with E-state index >= 15 is 0 Å². The van der Waals surface area contributed by atoms with Gasteiger partial charge in [-0.15, -0.1) is 23.5 Å². The molecule has 1 rings (SSSR count). The Morgan fingerprint density at radius 1 is 1.52 bits per heavy atom. The van der Waals surface area contributed by atoms with E-state index in [0.29, 0.717) is 11.1 Å². The van der Waals surface area contributed by atoms with Gasteiger partial charge >= 0.3 is 0 Å². The van der Waals surface area contributed by atoms with Crippen LogP contribution < -0.4 is 0 Å². The van der Waals surface area contributed by atoms with Crippen LogP contribution in [-0.4, -0.2) is 39.9 Å². The molecule has 0 aliphatic rings. The smallest absolute Gasteiger partial charge is 0.254 e. The number of rotatable bonds is 10. The van der Waals surface area contributed by atoms with Crippen LogP contribution in [0.15, 0.2) is 28.8 Å². The molecule has 0 spiro atoms. The Balaban J connectivity index is 2.57. The number of pyridine rings is 1. The fourth-order valence-electron chi connectivity index (χ4n) is 2.02. The molecule has 1 aromatic rings. The first-order chi connectivity index (χ1) is 10.9. The summed E-state index contributed by atoms with van der Waals surface area (Å²) in [5.74, 6) is 1.36. The maximum absolute atomic E-state index is 10.6. The molecule has 1 heterocycles. The third kappa shape index (κ3) is 9.20. The lowest BCUT2D eigenvalue weighted by molar-refractivity contribution is -0.402. The third-order valence-corrected chi connectivity index (χ3v) is 5.24. The molecule has 0 bridgehead atoms. The molecule has 0 fully saturated rings. The van der Waals surface area contributed by atoms with Crippen molar-refractivity contribution in [2.45, 2.75) is 20.4 Å². The summed E-state index contributed by atoms with van der Waals surface area (Å²) in [6.07, 6.45) is 4.72. The van der Waals surface area contributed by atoms with Crippen LogP contribution in [0.25, 0.3) is 0 Å². The minimum atomic E-state index is -0.399. The van der Waals surface area contributed by atoms with Gasteiger partial charge in [0, 0.05) is 31.6 Å². The van der Waals surface area contributed by atoms with Crippen LogP contribution in [0.4, 0.5) is 0 Å². The van der Waals surface area contributed by atoms with Gasteiger partial charge in [-0.05, 0) is 23.8 Å². The molecular weight excluding hydrogens is 354 g/mol. The first kappa shape index (κ1) is 20.3. The van der Waals surface area contributed by atoms with Crippen molar-refractivity contribution in [3.63, 3.8) is 0 Å². The van der Waals surface area contributed by atoms with Gasteiger partial charge in [0.15, 0.2) is 0 Å². The van der Waals surface area contributed by atoms with E-state index in [1.165, 1.54) is 23.5 Å². The van der Waals surface area contributed by atoms with E-state index < -0.39 is 4.92 Å². The summed E-state index contributed by atoms with van der Waals surface area (Å²) in [6, 6.07) is 3.78. The van der Waals surface area contributed by atoms with Crippen LogP contribution in [-0.2, 0) is 6.54 Å². The molecule has 0 saturated heterocycles. The Hall–Kier alpha value is -0.760. The molecule has 0 atom stereocenters. The van der Waals surface area contributed by atoms with E-state index in [-0.39, 0.29) is 0 Å². The average molecular weight is 376 g/mol. The van der Waals surface area contributed by atoms with Crippen LogP contribution in [0.1, 0.15) is 19.4 Å². The number of nitrogens with zero attached hydrogens (tertiary/aromatic N) is 3. The summed E-state index contributed by atoms with van der Waals surface area (Å²) in [7, 11) is 0. The molecule has 23 heavy (non-hydrogen) atoms. The van der Waals surface area contributed by atoms with Gasteiger partial charge in [-0.1, -0.05) is 31.5 Å². The summed E-state index contributed by atoms with van der Waals surface area (Å²) >= 11 is 8.75. The quantitative estimate of drug-likeness (QED) is 0.344. The molecule has 5 nitrogen and oxygen atoms in total. The molecule has 0 aliphatic carbocycles. The van der Waals surface area contributed by atoms with Crippen molar-refractivity contribution >= 4 is 35.1 Å². The van der Waals surface area contributed by atoms with E-state index in [2.05, 4.69) is 23.7 Å². The Morgan fingerprint density at radius 3 is 2.78 bits per heavy atom. The van der Waals surface area contributed by atoms with Crippen LogP contribution in [0.3, 0.4) is 0 Å². The van der Waals surface area contributed by atoms with Gasteiger partial charge in [0.25, 0.3) is 6.20 Å². The predicted molar refractivity (Wildman–Crippen MR) is 100 cm³/mol. The van der Waals surface area contributed by atoms with Gasteiger partial charge < -0.3 is 0 Å². The molecule has 0 aromatic carbocycles. The Labute approximate surface area is 151 Å². The van der Waals surface area contributed by atoms with Crippen molar-refractivity contribution < 1.29 is 4.92 Å². The normalized spacial score (nSPS) is 12.2. The SMILES string of the molecule is CSC(=C[N+](=O)[O-])SCCN(Cc1ccc(Cl)nc1)CC(C)C.